The maximum atomic E-state index is 13.7. The van der Waals surface area contributed by atoms with Crippen LogP contribution in [0.25, 0.3) is 0 Å². The van der Waals surface area contributed by atoms with Crippen molar-refractivity contribution >= 4 is 33.8 Å². The summed E-state index contributed by atoms with van der Waals surface area (Å²) in [5, 5.41) is 14.6. The Morgan fingerprint density at radius 2 is 1.91 bits per heavy atom. The summed E-state index contributed by atoms with van der Waals surface area (Å²) in [4.78, 5) is 54.6. The zero-order valence-corrected chi connectivity index (χ0v) is 25.5. The highest BCUT2D eigenvalue weighted by molar-refractivity contribution is 7.90. The first kappa shape index (κ1) is 32.0. The molecule has 2 heterocycles. The average molecular weight is 614 g/mol. The molecule has 0 spiro atoms. The number of nitriles is 1. The fourth-order valence-corrected chi connectivity index (χ4v) is 6.59. The van der Waals surface area contributed by atoms with Gasteiger partial charge in [-0.2, -0.15) is 5.26 Å². The third-order valence-corrected chi connectivity index (χ3v) is 9.14. The van der Waals surface area contributed by atoms with Crippen LogP contribution in [0.2, 0.25) is 0 Å². The lowest BCUT2D eigenvalue weighted by molar-refractivity contribution is -0.146. The van der Waals surface area contributed by atoms with E-state index in [2.05, 4.69) is 15.4 Å². The zero-order valence-electron chi connectivity index (χ0n) is 24.7. The molecule has 2 aliphatic heterocycles. The number of benzene rings is 1. The number of hydrogen-bond acceptors (Lipinski definition) is 8. The lowest BCUT2D eigenvalue weighted by Gasteiger charge is -2.30. The van der Waals surface area contributed by atoms with E-state index >= 15 is 0 Å². The van der Waals surface area contributed by atoms with Crippen molar-refractivity contribution in [3.63, 3.8) is 0 Å². The summed E-state index contributed by atoms with van der Waals surface area (Å²) in [6, 6.07) is 6.25. The van der Waals surface area contributed by atoms with E-state index in [0.29, 0.717) is 32.1 Å². The predicted molar refractivity (Wildman–Crippen MR) is 156 cm³/mol. The minimum Gasteiger partial charge on any atom is -0.436 e. The highest BCUT2D eigenvalue weighted by Gasteiger charge is 2.61. The van der Waals surface area contributed by atoms with Gasteiger partial charge in [0.2, 0.25) is 5.91 Å². The molecule has 1 saturated heterocycles. The first-order valence-electron chi connectivity index (χ1n) is 14.6. The SMILES string of the molecule is CC(C)(C)NC(=O)O[C@H]1CCCCCC=C[C@@H]2C[C@@]2(C(=O)NS(=O)(=O)c2cccc(C#N)c2)NC(=O)[C@@H]2CCCN2C1=O. The molecule has 1 aliphatic carbocycles. The average Bonchev–Trinajstić information content (AvgIpc) is 3.39. The molecule has 4 atom stereocenters. The van der Waals surface area contributed by atoms with Crippen LogP contribution in [0.1, 0.15) is 77.7 Å². The number of rotatable bonds is 4. The second-order valence-electron chi connectivity index (χ2n) is 12.4. The van der Waals surface area contributed by atoms with E-state index in [1.807, 2.05) is 18.2 Å². The molecule has 0 radical (unpaired) electrons. The van der Waals surface area contributed by atoms with E-state index in [4.69, 9.17) is 10.00 Å². The number of nitrogens with zero attached hydrogens (tertiary/aromatic N) is 2. The molecule has 2 fully saturated rings. The number of nitrogens with one attached hydrogen (secondary N) is 3. The van der Waals surface area contributed by atoms with E-state index in [-0.39, 0.29) is 23.4 Å². The normalized spacial score (nSPS) is 26.5. The maximum Gasteiger partial charge on any atom is 0.408 e. The summed E-state index contributed by atoms with van der Waals surface area (Å²) < 4.78 is 33.8. The monoisotopic (exact) mass is 613 g/mol. The van der Waals surface area contributed by atoms with E-state index in [0.717, 1.165) is 18.9 Å². The topological polar surface area (TPSA) is 175 Å². The Hall–Kier alpha value is -3.92. The first-order valence-corrected chi connectivity index (χ1v) is 16.1. The number of allylic oxidation sites excluding steroid dienone is 1. The molecule has 0 unspecified atom stereocenters. The van der Waals surface area contributed by atoms with Gasteiger partial charge in [0.1, 0.15) is 11.6 Å². The molecule has 0 aromatic heterocycles. The fourth-order valence-electron chi connectivity index (χ4n) is 5.50. The van der Waals surface area contributed by atoms with Crippen molar-refractivity contribution in [3.05, 3.63) is 42.0 Å². The Labute approximate surface area is 252 Å². The van der Waals surface area contributed by atoms with Crippen LogP contribution >= 0.6 is 0 Å². The van der Waals surface area contributed by atoms with Gasteiger partial charge in [-0.25, -0.2) is 17.9 Å². The first-order chi connectivity index (χ1) is 20.3. The van der Waals surface area contributed by atoms with Gasteiger partial charge in [-0.1, -0.05) is 24.6 Å². The Morgan fingerprint density at radius 1 is 1.14 bits per heavy atom. The van der Waals surface area contributed by atoms with E-state index < -0.39 is 63.0 Å². The van der Waals surface area contributed by atoms with Crippen molar-refractivity contribution in [1.29, 1.82) is 5.26 Å². The summed E-state index contributed by atoms with van der Waals surface area (Å²) >= 11 is 0. The minimum absolute atomic E-state index is 0.118. The Bertz CT molecular complexity index is 1450. The van der Waals surface area contributed by atoms with Crippen LogP contribution in [0.3, 0.4) is 0 Å². The van der Waals surface area contributed by atoms with Gasteiger partial charge in [-0.15, -0.1) is 0 Å². The maximum absolute atomic E-state index is 13.7. The minimum atomic E-state index is -4.34. The number of hydrogen-bond donors (Lipinski definition) is 3. The van der Waals surface area contributed by atoms with Crippen LogP contribution in [0, 0.1) is 17.2 Å². The molecule has 232 valence electrons. The van der Waals surface area contributed by atoms with Crippen molar-refractivity contribution in [3.8, 4) is 6.07 Å². The Balaban J connectivity index is 1.57. The molecule has 1 aromatic rings. The second kappa shape index (κ2) is 12.8. The lowest BCUT2D eigenvalue weighted by atomic mass is 10.1. The van der Waals surface area contributed by atoms with Crippen LogP contribution in [-0.4, -0.2) is 66.9 Å². The molecule has 3 aliphatic rings. The number of carbonyl (C=O) groups is 4. The van der Waals surface area contributed by atoms with E-state index in [9.17, 15) is 27.6 Å². The largest absolute Gasteiger partial charge is 0.436 e. The van der Waals surface area contributed by atoms with Gasteiger partial charge >= 0.3 is 6.09 Å². The molecular weight excluding hydrogens is 574 g/mol. The Kier molecular flexibility index (Phi) is 9.49. The van der Waals surface area contributed by atoms with Crippen LogP contribution in [0.4, 0.5) is 4.79 Å². The number of fused-ring (bicyclic) bond motifs is 2. The predicted octanol–water partition coefficient (Wildman–Crippen LogP) is 2.64. The summed E-state index contributed by atoms with van der Waals surface area (Å²) in [6.07, 6.45) is 6.21. The number of carbonyl (C=O) groups excluding carboxylic acids is 4. The molecule has 12 nitrogen and oxygen atoms in total. The van der Waals surface area contributed by atoms with Crippen LogP contribution in [0.15, 0.2) is 41.3 Å². The van der Waals surface area contributed by atoms with Crippen molar-refractivity contribution in [2.75, 3.05) is 6.54 Å². The van der Waals surface area contributed by atoms with Gasteiger partial charge in [0.05, 0.1) is 16.5 Å². The molecule has 1 saturated carbocycles. The number of sulfonamides is 1. The number of ether oxygens (including phenoxy) is 1. The van der Waals surface area contributed by atoms with E-state index in [1.54, 1.807) is 20.8 Å². The van der Waals surface area contributed by atoms with Crippen molar-refractivity contribution in [2.24, 2.45) is 5.92 Å². The smallest absolute Gasteiger partial charge is 0.408 e. The molecular formula is C30H39N5O7S. The highest BCUT2D eigenvalue weighted by Crippen LogP contribution is 2.45. The second-order valence-corrected chi connectivity index (χ2v) is 14.1. The molecule has 43 heavy (non-hydrogen) atoms. The van der Waals surface area contributed by atoms with Gasteiger partial charge in [0, 0.05) is 18.0 Å². The van der Waals surface area contributed by atoms with Crippen LogP contribution < -0.4 is 15.4 Å². The third kappa shape index (κ3) is 7.73. The zero-order chi connectivity index (χ0) is 31.4. The third-order valence-electron chi connectivity index (χ3n) is 7.81. The molecule has 4 rings (SSSR count). The van der Waals surface area contributed by atoms with Gasteiger partial charge in [-0.3, -0.25) is 14.4 Å². The Morgan fingerprint density at radius 3 is 2.63 bits per heavy atom. The van der Waals surface area contributed by atoms with Crippen LogP contribution in [0.5, 0.6) is 0 Å². The van der Waals surface area contributed by atoms with Gasteiger partial charge in [-0.05, 0) is 83.9 Å². The molecule has 4 amide bonds. The van der Waals surface area contributed by atoms with Gasteiger partial charge < -0.3 is 20.3 Å². The van der Waals surface area contributed by atoms with Crippen molar-refractivity contribution in [1.82, 2.24) is 20.3 Å². The summed E-state index contributed by atoms with van der Waals surface area (Å²) in [7, 11) is -4.34. The number of amides is 4. The molecule has 0 bridgehead atoms. The summed E-state index contributed by atoms with van der Waals surface area (Å²) in [5.41, 5.74) is -1.97. The quantitative estimate of drug-likeness (QED) is 0.435. The van der Waals surface area contributed by atoms with Crippen molar-refractivity contribution in [2.45, 2.75) is 100 Å². The standard InChI is InChI=1S/C30H39N5O7S/c1-29(2,3)33-28(39)42-24-15-8-6-4-5-7-12-21-18-30(21,32-25(36)23-14-10-16-35(23)26(24)37)27(38)34-43(40,41)22-13-9-11-20(17-22)19-31/h7,9,11-13,17,21,23-24H,4-6,8,10,14-16,18H2,1-3H3,(H,32,36)(H,33,39)(H,34,38)/t21-,23+,24+,30-/m1/s1. The fraction of sp³-hybridized carbons (Fsp3) is 0.567. The van der Waals surface area contributed by atoms with Gasteiger partial charge in [0.25, 0.3) is 21.8 Å². The highest BCUT2D eigenvalue weighted by atomic mass is 32.2. The van der Waals surface area contributed by atoms with Crippen molar-refractivity contribution < 1.29 is 32.3 Å². The number of alkyl carbamates (subject to hydrolysis) is 1. The molecule has 3 N–H and O–H groups in total. The summed E-state index contributed by atoms with van der Waals surface area (Å²) in [5.74, 6) is -2.38. The lowest BCUT2D eigenvalue weighted by Crippen LogP contribution is -2.57. The molecule has 13 heteroatoms. The van der Waals surface area contributed by atoms with Crippen LogP contribution in [-0.2, 0) is 29.1 Å². The van der Waals surface area contributed by atoms with E-state index in [1.165, 1.54) is 23.1 Å². The summed E-state index contributed by atoms with van der Waals surface area (Å²) in [6.45, 7) is 5.68. The van der Waals surface area contributed by atoms with Gasteiger partial charge in [0.15, 0.2) is 6.10 Å². The molecule has 1 aromatic carbocycles.